The zero-order chi connectivity index (χ0) is 16.7. The fourth-order valence-corrected chi connectivity index (χ4v) is 3.26. The van der Waals surface area contributed by atoms with Crippen molar-refractivity contribution < 1.29 is 4.52 Å². The minimum atomic E-state index is 0.814. The summed E-state index contributed by atoms with van der Waals surface area (Å²) in [6.45, 7) is 6.79. The lowest BCUT2D eigenvalue weighted by Crippen LogP contribution is -2.01. The summed E-state index contributed by atoms with van der Waals surface area (Å²) in [5.41, 5.74) is 6.52. The maximum absolute atomic E-state index is 5.32. The van der Waals surface area contributed by atoms with Gasteiger partial charge in [0.05, 0.1) is 16.7 Å². The van der Waals surface area contributed by atoms with Crippen LogP contribution in [0, 0.1) is 20.8 Å². The number of benzene rings is 2. The topological polar surface area (TPSA) is 43.9 Å². The number of rotatable bonds is 3. The van der Waals surface area contributed by atoms with Crippen molar-refractivity contribution in [1.82, 2.24) is 14.7 Å². The molecule has 0 bridgehead atoms. The van der Waals surface area contributed by atoms with Crippen LogP contribution in [0.4, 0.5) is 0 Å². The molecule has 24 heavy (non-hydrogen) atoms. The zero-order valence-electron chi connectivity index (χ0n) is 14.1. The molecule has 0 N–H and O–H groups in total. The summed E-state index contributed by atoms with van der Waals surface area (Å²) in [7, 11) is 0. The van der Waals surface area contributed by atoms with Gasteiger partial charge in [-0.05, 0) is 44.0 Å². The van der Waals surface area contributed by atoms with Crippen LogP contribution in [0.15, 0.2) is 53.1 Å². The van der Waals surface area contributed by atoms with E-state index in [-0.39, 0.29) is 0 Å². The van der Waals surface area contributed by atoms with Crippen LogP contribution in [0.2, 0.25) is 0 Å². The summed E-state index contributed by atoms with van der Waals surface area (Å²) < 4.78 is 7.58. The van der Waals surface area contributed by atoms with Gasteiger partial charge in [0.15, 0.2) is 0 Å². The van der Waals surface area contributed by atoms with E-state index in [2.05, 4.69) is 59.1 Å². The molecule has 2 aromatic heterocycles. The highest BCUT2D eigenvalue weighted by atomic mass is 16.5. The molecule has 4 rings (SSSR count). The van der Waals surface area contributed by atoms with Crippen LogP contribution in [0.5, 0.6) is 0 Å². The smallest absolute Gasteiger partial charge is 0.141 e. The molecule has 0 aliphatic heterocycles. The van der Waals surface area contributed by atoms with Crippen molar-refractivity contribution in [3.63, 3.8) is 0 Å². The van der Waals surface area contributed by atoms with Crippen LogP contribution < -0.4 is 0 Å². The van der Waals surface area contributed by atoms with Crippen LogP contribution in [-0.4, -0.2) is 14.7 Å². The quantitative estimate of drug-likeness (QED) is 0.552. The number of imidazole rings is 1. The van der Waals surface area contributed by atoms with Gasteiger partial charge >= 0.3 is 0 Å². The lowest BCUT2D eigenvalue weighted by molar-refractivity contribution is 0.393. The molecule has 0 spiro atoms. The maximum atomic E-state index is 5.32. The molecule has 0 fully saturated rings. The second kappa shape index (κ2) is 5.64. The molecule has 0 saturated heterocycles. The predicted molar refractivity (Wildman–Crippen MR) is 95.0 cm³/mol. The van der Waals surface area contributed by atoms with Gasteiger partial charge in [0.2, 0.25) is 0 Å². The van der Waals surface area contributed by atoms with Crippen LogP contribution in [0.25, 0.3) is 22.2 Å². The molecule has 0 atom stereocenters. The monoisotopic (exact) mass is 317 g/mol. The first kappa shape index (κ1) is 14.7. The van der Waals surface area contributed by atoms with Gasteiger partial charge in [-0.15, -0.1) is 0 Å². The van der Waals surface area contributed by atoms with Gasteiger partial charge < -0.3 is 9.09 Å². The first-order chi connectivity index (χ1) is 11.6. The second-order valence-electron chi connectivity index (χ2n) is 6.13. The van der Waals surface area contributed by atoms with Gasteiger partial charge in [0.1, 0.15) is 11.6 Å². The van der Waals surface area contributed by atoms with E-state index in [4.69, 9.17) is 9.51 Å². The summed E-state index contributed by atoms with van der Waals surface area (Å²) in [5, 5.41) is 4.07. The van der Waals surface area contributed by atoms with Crippen LogP contribution in [0.3, 0.4) is 0 Å². The van der Waals surface area contributed by atoms with Crippen LogP contribution in [-0.2, 0) is 6.54 Å². The second-order valence-corrected chi connectivity index (χ2v) is 6.13. The van der Waals surface area contributed by atoms with Crippen molar-refractivity contribution in [2.24, 2.45) is 0 Å². The fraction of sp³-hybridized carbons (Fsp3) is 0.200. The molecule has 120 valence electrons. The molecule has 0 aliphatic carbocycles. The molecule has 0 radical (unpaired) electrons. The number of hydrogen-bond donors (Lipinski definition) is 0. The Morgan fingerprint density at radius 2 is 1.79 bits per heavy atom. The molecule has 0 saturated carbocycles. The summed E-state index contributed by atoms with van der Waals surface area (Å²) in [5.74, 6) is 1.86. The number of nitrogens with zero attached hydrogens (tertiary/aromatic N) is 3. The van der Waals surface area contributed by atoms with Crippen molar-refractivity contribution in [3.8, 4) is 11.1 Å². The Labute approximate surface area is 140 Å². The largest absolute Gasteiger partial charge is 0.361 e. The number of hydrogen-bond acceptors (Lipinski definition) is 3. The predicted octanol–water partition coefficient (Wildman–Crippen LogP) is 4.66. The summed E-state index contributed by atoms with van der Waals surface area (Å²) >= 11 is 0. The molecule has 4 heteroatoms. The normalized spacial score (nSPS) is 11.3. The Bertz CT molecular complexity index is 993. The van der Waals surface area contributed by atoms with E-state index in [0.717, 1.165) is 46.0 Å². The van der Waals surface area contributed by atoms with E-state index in [1.54, 1.807) is 0 Å². The van der Waals surface area contributed by atoms with Gasteiger partial charge in [-0.1, -0.05) is 41.6 Å². The molecule has 2 aromatic carbocycles. The number of aryl methyl sites for hydroxylation is 3. The van der Waals surface area contributed by atoms with Crippen molar-refractivity contribution in [2.75, 3.05) is 0 Å². The van der Waals surface area contributed by atoms with Crippen molar-refractivity contribution in [3.05, 3.63) is 71.4 Å². The Hall–Kier alpha value is -2.88. The highest BCUT2D eigenvalue weighted by molar-refractivity contribution is 5.83. The SMILES string of the molecule is Cc1noc(C)c1-c1ccc2nc(C)n(Cc3ccccc3)c2c1. The summed E-state index contributed by atoms with van der Waals surface area (Å²) in [6.07, 6.45) is 0. The number of aromatic nitrogens is 3. The minimum Gasteiger partial charge on any atom is -0.361 e. The Kier molecular flexibility index (Phi) is 3.45. The average Bonchev–Trinajstić information content (AvgIpc) is 3.08. The molecule has 4 nitrogen and oxygen atoms in total. The molecular weight excluding hydrogens is 298 g/mol. The van der Waals surface area contributed by atoms with E-state index in [1.165, 1.54) is 5.56 Å². The summed E-state index contributed by atoms with van der Waals surface area (Å²) in [6, 6.07) is 16.8. The zero-order valence-corrected chi connectivity index (χ0v) is 14.1. The van der Waals surface area contributed by atoms with Gasteiger partial charge in [0.25, 0.3) is 0 Å². The third-order valence-electron chi connectivity index (χ3n) is 4.44. The van der Waals surface area contributed by atoms with Crippen molar-refractivity contribution in [2.45, 2.75) is 27.3 Å². The third-order valence-corrected chi connectivity index (χ3v) is 4.44. The average molecular weight is 317 g/mol. The van der Waals surface area contributed by atoms with E-state index in [9.17, 15) is 0 Å². The van der Waals surface area contributed by atoms with E-state index < -0.39 is 0 Å². The van der Waals surface area contributed by atoms with E-state index in [1.807, 2.05) is 19.9 Å². The Balaban J connectivity index is 1.85. The molecule has 0 unspecified atom stereocenters. The standard InChI is InChI=1S/C20H19N3O/c1-13-20(14(2)24-22-13)17-9-10-18-19(11-17)23(15(3)21-18)12-16-7-5-4-6-8-16/h4-11H,12H2,1-3H3. The van der Waals surface area contributed by atoms with Crippen molar-refractivity contribution >= 4 is 11.0 Å². The van der Waals surface area contributed by atoms with Gasteiger partial charge in [-0.25, -0.2) is 4.98 Å². The van der Waals surface area contributed by atoms with E-state index in [0.29, 0.717) is 0 Å². The maximum Gasteiger partial charge on any atom is 0.141 e. The molecule has 2 heterocycles. The number of fused-ring (bicyclic) bond motifs is 1. The molecular formula is C20H19N3O. The summed E-state index contributed by atoms with van der Waals surface area (Å²) in [4.78, 5) is 4.70. The third kappa shape index (κ3) is 2.40. The minimum absolute atomic E-state index is 0.814. The van der Waals surface area contributed by atoms with Crippen LogP contribution in [0.1, 0.15) is 22.8 Å². The van der Waals surface area contributed by atoms with E-state index >= 15 is 0 Å². The van der Waals surface area contributed by atoms with Crippen LogP contribution >= 0.6 is 0 Å². The van der Waals surface area contributed by atoms with Gasteiger partial charge in [0, 0.05) is 12.1 Å². The fourth-order valence-electron chi connectivity index (χ4n) is 3.26. The van der Waals surface area contributed by atoms with Crippen molar-refractivity contribution in [1.29, 1.82) is 0 Å². The highest BCUT2D eigenvalue weighted by Crippen LogP contribution is 2.30. The lowest BCUT2D eigenvalue weighted by Gasteiger charge is -2.08. The van der Waals surface area contributed by atoms with Gasteiger partial charge in [-0.2, -0.15) is 0 Å². The van der Waals surface area contributed by atoms with Gasteiger partial charge in [-0.3, -0.25) is 0 Å². The molecule has 0 amide bonds. The highest BCUT2D eigenvalue weighted by Gasteiger charge is 2.14. The Morgan fingerprint density at radius 1 is 1.00 bits per heavy atom. The first-order valence-corrected chi connectivity index (χ1v) is 8.07. The Morgan fingerprint density at radius 3 is 2.50 bits per heavy atom. The molecule has 0 aliphatic rings. The first-order valence-electron chi connectivity index (χ1n) is 8.07. The lowest BCUT2D eigenvalue weighted by atomic mass is 10.0. The molecule has 4 aromatic rings.